The summed E-state index contributed by atoms with van der Waals surface area (Å²) in [7, 11) is -3.31. The van der Waals surface area contributed by atoms with Crippen LogP contribution in [0.2, 0.25) is 0 Å². The quantitative estimate of drug-likeness (QED) is 0.808. The summed E-state index contributed by atoms with van der Waals surface area (Å²) >= 11 is 1.59. The lowest BCUT2D eigenvalue weighted by atomic mass is 10.4. The van der Waals surface area contributed by atoms with Crippen molar-refractivity contribution in [3.8, 4) is 0 Å². The van der Waals surface area contributed by atoms with Gasteiger partial charge in [0.05, 0.1) is 4.90 Å². The smallest absolute Gasteiger partial charge is 0.211 e. The molecule has 0 aliphatic carbocycles. The van der Waals surface area contributed by atoms with Gasteiger partial charge >= 0.3 is 0 Å². The minimum absolute atomic E-state index is 0.328. The molecule has 1 aromatic carbocycles. The van der Waals surface area contributed by atoms with E-state index >= 15 is 0 Å². The van der Waals surface area contributed by atoms with Gasteiger partial charge in [0.2, 0.25) is 10.0 Å². The molecular weight excluding hydrogens is 230 g/mol. The van der Waals surface area contributed by atoms with Crippen molar-refractivity contribution in [2.45, 2.75) is 23.1 Å². The Morgan fingerprint density at radius 3 is 2.33 bits per heavy atom. The summed E-state index contributed by atoms with van der Waals surface area (Å²) < 4.78 is 25.9. The number of benzene rings is 1. The number of hydrogen-bond donors (Lipinski definition) is 1. The first-order valence-corrected chi connectivity index (χ1v) is 7.44. The average Bonchev–Trinajstić information content (AvgIpc) is 2.26. The Labute approximate surface area is 95.3 Å². The topological polar surface area (TPSA) is 46.2 Å². The van der Waals surface area contributed by atoms with Crippen LogP contribution in [0.5, 0.6) is 0 Å². The van der Waals surface area contributed by atoms with E-state index in [2.05, 4.69) is 4.72 Å². The Balaban J connectivity index is 2.86. The molecule has 0 fully saturated rings. The lowest BCUT2D eigenvalue weighted by molar-refractivity contribution is 0.580. The molecular formula is C10H15NO2S2. The molecule has 0 spiro atoms. The Morgan fingerprint density at radius 2 is 1.87 bits per heavy atom. The molecule has 3 nitrogen and oxygen atoms in total. The zero-order valence-corrected chi connectivity index (χ0v) is 10.5. The molecule has 0 atom stereocenters. The molecule has 84 valence electrons. The summed E-state index contributed by atoms with van der Waals surface area (Å²) in [5.41, 5.74) is 0. The fourth-order valence-electron chi connectivity index (χ4n) is 1.07. The first-order valence-electron chi connectivity index (χ1n) is 4.74. The third-order valence-corrected chi connectivity index (χ3v) is 4.13. The molecule has 0 bridgehead atoms. The first-order chi connectivity index (χ1) is 7.10. The van der Waals surface area contributed by atoms with Gasteiger partial charge in [0.25, 0.3) is 0 Å². The Kier molecular flexibility index (Phi) is 4.63. The zero-order valence-electron chi connectivity index (χ0n) is 8.86. The molecule has 1 aromatic rings. The fourth-order valence-corrected chi connectivity index (χ4v) is 2.62. The first kappa shape index (κ1) is 12.5. The highest BCUT2D eigenvalue weighted by molar-refractivity contribution is 7.98. The Bertz CT molecular complexity index is 398. The summed E-state index contributed by atoms with van der Waals surface area (Å²) in [6, 6.07) is 6.88. The molecule has 0 saturated carbocycles. The highest BCUT2D eigenvalue weighted by Crippen LogP contribution is 2.17. The maximum atomic E-state index is 11.7. The molecule has 5 heteroatoms. The highest BCUT2D eigenvalue weighted by Gasteiger charge is 2.11. The van der Waals surface area contributed by atoms with Crippen molar-refractivity contribution >= 4 is 21.8 Å². The van der Waals surface area contributed by atoms with Gasteiger partial charge in [-0.05, 0) is 36.9 Å². The number of rotatable bonds is 5. The minimum atomic E-state index is -3.31. The molecule has 15 heavy (non-hydrogen) atoms. The van der Waals surface area contributed by atoms with Crippen molar-refractivity contribution in [3.05, 3.63) is 24.3 Å². The van der Waals surface area contributed by atoms with Gasteiger partial charge in [0.1, 0.15) is 0 Å². The van der Waals surface area contributed by atoms with Gasteiger partial charge in [-0.1, -0.05) is 6.92 Å². The lowest BCUT2D eigenvalue weighted by Gasteiger charge is -2.05. The van der Waals surface area contributed by atoms with Crippen molar-refractivity contribution in [2.75, 3.05) is 12.8 Å². The van der Waals surface area contributed by atoms with Crippen LogP contribution in [0.1, 0.15) is 13.3 Å². The zero-order chi connectivity index (χ0) is 11.3. The largest absolute Gasteiger partial charge is 0.240 e. The van der Waals surface area contributed by atoms with Gasteiger partial charge in [-0.3, -0.25) is 0 Å². The highest BCUT2D eigenvalue weighted by atomic mass is 32.2. The van der Waals surface area contributed by atoms with E-state index in [1.807, 2.05) is 25.3 Å². The SMILES string of the molecule is CCCNS(=O)(=O)c1ccc(SC)cc1. The maximum absolute atomic E-state index is 11.7. The third-order valence-electron chi connectivity index (χ3n) is 1.91. The van der Waals surface area contributed by atoms with Crippen molar-refractivity contribution < 1.29 is 8.42 Å². The molecule has 0 heterocycles. The van der Waals surface area contributed by atoms with E-state index in [1.165, 1.54) is 0 Å². The van der Waals surface area contributed by atoms with Gasteiger partial charge in [-0.25, -0.2) is 13.1 Å². The average molecular weight is 245 g/mol. The molecule has 0 unspecified atom stereocenters. The van der Waals surface area contributed by atoms with Crippen LogP contribution in [0.15, 0.2) is 34.1 Å². The fraction of sp³-hybridized carbons (Fsp3) is 0.400. The predicted molar refractivity (Wildman–Crippen MR) is 63.7 cm³/mol. The lowest BCUT2D eigenvalue weighted by Crippen LogP contribution is -2.24. The van der Waals surface area contributed by atoms with Gasteiger partial charge < -0.3 is 0 Å². The summed E-state index contributed by atoms with van der Waals surface area (Å²) in [4.78, 5) is 1.39. The van der Waals surface area contributed by atoms with E-state index in [0.717, 1.165) is 11.3 Å². The van der Waals surface area contributed by atoms with Crippen LogP contribution < -0.4 is 4.72 Å². The molecule has 0 radical (unpaired) electrons. The molecule has 0 saturated heterocycles. The van der Waals surface area contributed by atoms with Gasteiger partial charge in [-0.2, -0.15) is 0 Å². The monoisotopic (exact) mass is 245 g/mol. The van der Waals surface area contributed by atoms with Crippen LogP contribution in [0, 0.1) is 0 Å². The van der Waals surface area contributed by atoms with E-state index < -0.39 is 10.0 Å². The van der Waals surface area contributed by atoms with Crippen molar-refractivity contribution in [1.29, 1.82) is 0 Å². The Morgan fingerprint density at radius 1 is 1.27 bits per heavy atom. The second kappa shape index (κ2) is 5.53. The maximum Gasteiger partial charge on any atom is 0.240 e. The van der Waals surface area contributed by atoms with Gasteiger partial charge in [0.15, 0.2) is 0 Å². The molecule has 1 N–H and O–H groups in total. The summed E-state index contributed by atoms with van der Waals surface area (Å²) in [5, 5.41) is 0. The number of thioether (sulfide) groups is 1. The van der Waals surface area contributed by atoms with Crippen LogP contribution in [0.3, 0.4) is 0 Å². The minimum Gasteiger partial charge on any atom is -0.211 e. The van der Waals surface area contributed by atoms with Crippen LogP contribution in [-0.4, -0.2) is 21.2 Å². The number of hydrogen-bond acceptors (Lipinski definition) is 3. The van der Waals surface area contributed by atoms with Crippen LogP contribution in [0.4, 0.5) is 0 Å². The van der Waals surface area contributed by atoms with E-state index in [0.29, 0.717) is 11.4 Å². The summed E-state index contributed by atoms with van der Waals surface area (Å²) in [6.45, 7) is 2.41. The molecule has 1 rings (SSSR count). The second-order valence-corrected chi connectivity index (χ2v) is 5.72. The van der Waals surface area contributed by atoms with Crippen LogP contribution in [0.25, 0.3) is 0 Å². The van der Waals surface area contributed by atoms with E-state index in [1.54, 1.807) is 23.9 Å². The molecule has 0 aromatic heterocycles. The van der Waals surface area contributed by atoms with Gasteiger partial charge in [0, 0.05) is 11.4 Å². The number of nitrogens with one attached hydrogen (secondary N) is 1. The molecule has 0 aliphatic rings. The third kappa shape index (κ3) is 3.52. The van der Waals surface area contributed by atoms with Crippen LogP contribution in [-0.2, 0) is 10.0 Å². The standard InChI is InChI=1S/C10H15NO2S2/c1-3-8-11-15(12,13)10-6-4-9(14-2)5-7-10/h4-7,11H,3,8H2,1-2H3. The second-order valence-electron chi connectivity index (χ2n) is 3.07. The van der Waals surface area contributed by atoms with E-state index in [9.17, 15) is 8.42 Å². The Hall–Kier alpha value is -0.520. The molecule has 0 aliphatic heterocycles. The predicted octanol–water partition coefficient (Wildman–Crippen LogP) is 2.10. The van der Waals surface area contributed by atoms with E-state index in [-0.39, 0.29) is 0 Å². The molecule has 0 amide bonds. The summed E-state index contributed by atoms with van der Waals surface area (Å²) in [5.74, 6) is 0. The van der Waals surface area contributed by atoms with Crippen molar-refractivity contribution in [3.63, 3.8) is 0 Å². The van der Waals surface area contributed by atoms with Crippen molar-refractivity contribution in [2.24, 2.45) is 0 Å². The van der Waals surface area contributed by atoms with Gasteiger partial charge in [-0.15, -0.1) is 11.8 Å². The summed E-state index contributed by atoms with van der Waals surface area (Å²) in [6.07, 6.45) is 2.75. The van der Waals surface area contributed by atoms with E-state index in [4.69, 9.17) is 0 Å². The van der Waals surface area contributed by atoms with Crippen molar-refractivity contribution in [1.82, 2.24) is 4.72 Å². The van der Waals surface area contributed by atoms with Crippen LogP contribution >= 0.6 is 11.8 Å². The normalized spacial score (nSPS) is 11.6. The number of sulfonamides is 1.